The summed E-state index contributed by atoms with van der Waals surface area (Å²) in [5.41, 5.74) is 3.08. The lowest BCUT2D eigenvalue weighted by Crippen LogP contribution is -2.46. The molecule has 4 rings (SSSR count). The number of thioether (sulfide) groups is 1. The van der Waals surface area contributed by atoms with Crippen LogP contribution in [0.3, 0.4) is 0 Å². The summed E-state index contributed by atoms with van der Waals surface area (Å²) in [4.78, 5) is 42.0. The highest BCUT2D eigenvalue weighted by molar-refractivity contribution is 8.16. The molecule has 8 nitrogen and oxygen atoms in total. The number of carbonyl (C=O) groups excluding carboxylic acids is 3. The van der Waals surface area contributed by atoms with Crippen molar-refractivity contribution in [2.24, 2.45) is 0 Å². The van der Waals surface area contributed by atoms with Gasteiger partial charge in [0.25, 0.3) is 11.1 Å². The second kappa shape index (κ2) is 11.4. The third kappa shape index (κ3) is 6.10. The Morgan fingerprint density at radius 3 is 2.42 bits per heavy atom. The van der Waals surface area contributed by atoms with Crippen molar-refractivity contribution in [3.8, 4) is 5.75 Å². The van der Waals surface area contributed by atoms with Crippen LogP contribution in [-0.2, 0) is 33.8 Å². The standard InChI is InChI=1S/C27H26N2O6S/c1-18(30)21-9-10-22(28-16-21)13-14-34-23-11-7-19(8-12-23)15-27(24(31)29-26(33)36-27)25(32)35-17-20-5-3-2-4-6-20/h2-12,16,18,30H,13-15,17H2,1H3,(H,29,31,33)/t18-,27?/m1/s1. The number of nitrogens with zero attached hydrogens (tertiary/aromatic N) is 1. The van der Waals surface area contributed by atoms with Gasteiger partial charge in [-0.05, 0) is 53.6 Å². The third-order valence-electron chi connectivity index (χ3n) is 5.73. The molecule has 2 heterocycles. The van der Waals surface area contributed by atoms with Crippen molar-refractivity contribution in [2.75, 3.05) is 6.61 Å². The van der Waals surface area contributed by atoms with Gasteiger partial charge in [0.2, 0.25) is 4.75 Å². The molecule has 0 radical (unpaired) electrons. The predicted octanol–water partition coefficient (Wildman–Crippen LogP) is 3.76. The summed E-state index contributed by atoms with van der Waals surface area (Å²) >= 11 is 0.650. The van der Waals surface area contributed by atoms with Crippen LogP contribution in [0, 0.1) is 0 Å². The normalized spacial score (nSPS) is 17.9. The summed E-state index contributed by atoms with van der Waals surface area (Å²) in [5.74, 6) is -0.807. The van der Waals surface area contributed by atoms with E-state index >= 15 is 0 Å². The number of aliphatic hydroxyl groups is 1. The fourth-order valence-corrected chi connectivity index (χ4v) is 4.67. The molecule has 3 aromatic rings. The van der Waals surface area contributed by atoms with Gasteiger partial charge in [0.15, 0.2) is 0 Å². The van der Waals surface area contributed by atoms with Crippen molar-refractivity contribution in [3.05, 3.63) is 95.3 Å². The largest absolute Gasteiger partial charge is 0.493 e. The fourth-order valence-electron chi connectivity index (χ4n) is 3.68. The Labute approximate surface area is 213 Å². The third-order valence-corrected chi connectivity index (χ3v) is 6.86. The van der Waals surface area contributed by atoms with Crippen LogP contribution in [0.25, 0.3) is 0 Å². The molecule has 186 valence electrons. The van der Waals surface area contributed by atoms with Gasteiger partial charge in [-0.15, -0.1) is 0 Å². The second-order valence-electron chi connectivity index (χ2n) is 8.41. The summed E-state index contributed by atoms with van der Waals surface area (Å²) in [7, 11) is 0. The number of benzene rings is 2. The van der Waals surface area contributed by atoms with Crippen molar-refractivity contribution >= 4 is 28.9 Å². The Morgan fingerprint density at radius 1 is 1.06 bits per heavy atom. The predicted molar refractivity (Wildman–Crippen MR) is 134 cm³/mol. The van der Waals surface area contributed by atoms with Crippen molar-refractivity contribution in [1.29, 1.82) is 0 Å². The minimum atomic E-state index is -1.68. The zero-order valence-corrected chi connectivity index (χ0v) is 20.5. The van der Waals surface area contributed by atoms with E-state index in [-0.39, 0.29) is 13.0 Å². The quantitative estimate of drug-likeness (QED) is 0.316. The number of pyridine rings is 1. The van der Waals surface area contributed by atoms with E-state index in [1.807, 2.05) is 42.5 Å². The fraction of sp³-hybridized carbons (Fsp3) is 0.259. The van der Waals surface area contributed by atoms with E-state index in [9.17, 15) is 19.5 Å². The van der Waals surface area contributed by atoms with E-state index in [1.165, 1.54) is 0 Å². The Balaban J connectivity index is 1.36. The Morgan fingerprint density at radius 2 is 1.81 bits per heavy atom. The van der Waals surface area contributed by atoms with Crippen LogP contribution in [0.4, 0.5) is 4.79 Å². The first-order valence-corrected chi connectivity index (χ1v) is 12.3. The summed E-state index contributed by atoms with van der Waals surface area (Å²) in [5, 5.41) is 11.2. The number of aromatic nitrogens is 1. The van der Waals surface area contributed by atoms with Crippen molar-refractivity contribution in [2.45, 2.75) is 37.2 Å². The lowest BCUT2D eigenvalue weighted by molar-refractivity contribution is -0.150. The van der Waals surface area contributed by atoms with Crippen LogP contribution in [-0.4, -0.2) is 38.6 Å². The summed E-state index contributed by atoms with van der Waals surface area (Å²) in [6.45, 7) is 2.10. The van der Waals surface area contributed by atoms with Crippen molar-refractivity contribution in [1.82, 2.24) is 10.3 Å². The van der Waals surface area contributed by atoms with Crippen LogP contribution in [0.5, 0.6) is 5.75 Å². The minimum Gasteiger partial charge on any atom is -0.493 e. The average Bonchev–Trinajstić information content (AvgIpc) is 3.17. The lowest BCUT2D eigenvalue weighted by atomic mass is 9.97. The van der Waals surface area contributed by atoms with Crippen LogP contribution in [0.2, 0.25) is 0 Å². The molecule has 1 aliphatic rings. The number of aliphatic hydroxyl groups excluding tert-OH is 1. The molecule has 2 N–H and O–H groups in total. The number of esters is 1. The van der Waals surface area contributed by atoms with Gasteiger partial charge < -0.3 is 14.6 Å². The van der Waals surface area contributed by atoms with Crippen LogP contribution in [0.15, 0.2) is 72.9 Å². The number of hydrogen-bond donors (Lipinski definition) is 2. The molecule has 1 aromatic heterocycles. The minimum absolute atomic E-state index is 0.00267. The topological polar surface area (TPSA) is 115 Å². The van der Waals surface area contributed by atoms with E-state index in [1.54, 1.807) is 37.4 Å². The number of ether oxygens (including phenoxy) is 2. The van der Waals surface area contributed by atoms with Crippen LogP contribution >= 0.6 is 11.8 Å². The monoisotopic (exact) mass is 506 g/mol. The molecule has 2 atom stereocenters. The van der Waals surface area contributed by atoms with Crippen molar-refractivity contribution < 1.29 is 29.0 Å². The van der Waals surface area contributed by atoms with E-state index in [0.717, 1.165) is 16.8 Å². The number of rotatable bonds is 10. The number of amides is 2. The molecule has 2 aromatic carbocycles. The molecule has 0 aliphatic carbocycles. The highest BCUT2D eigenvalue weighted by Gasteiger charge is 2.55. The zero-order chi connectivity index (χ0) is 25.5. The molecule has 9 heteroatoms. The molecular formula is C27H26N2O6S. The Hall–Kier alpha value is -3.69. The molecule has 36 heavy (non-hydrogen) atoms. The molecule has 0 spiro atoms. The Bertz CT molecular complexity index is 1220. The molecule has 2 amide bonds. The first kappa shape index (κ1) is 25.4. The summed E-state index contributed by atoms with van der Waals surface area (Å²) in [6, 6.07) is 19.8. The maximum absolute atomic E-state index is 13.0. The number of hydrogen-bond acceptors (Lipinski definition) is 8. The molecule has 1 saturated heterocycles. The highest BCUT2D eigenvalue weighted by Crippen LogP contribution is 2.37. The molecule has 0 saturated carbocycles. The van der Waals surface area contributed by atoms with E-state index in [2.05, 4.69) is 10.3 Å². The van der Waals surface area contributed by atoms with Gasteiger partial charge in [-0.2, -0.15) is 0 Å². The summed E-state index contributed by atoms with van der Waals surface area (Å²) < 4.78 is 9.54. The summed E-state index contributed by atoms with van der Waals surface area (Å²) in [6.07, 6.45) is 1.69. The number of nitrogens with one attached hydrogen (secondary N) is 1. The molecular weight excluding hydrogens is 480 g/mol. The SMILES string of the molecule is C[C@@H](O)c1ccc(CCOc2ccc(CC3(C(=O)OCc4ccccc4)SC(=O)NC3=O)cc2)nc1. The molecule has 1 aliphatic heterocycles. The number of imide groups is 1. The van der Waals surface area contributed by atoms with Crippen LogP contribution in [0.1, 0.15) is 35.4 Å². The van der Waals surface area contributed by atoms with E-state index < -0.39 is 28.0 Å². The van der Waals surface area contributed by atoms with Crippen LogP contribution < -0.4 is 10.1 Å². The molecule has 1 fully saturated rings. The van der Waals surface area contributed by atoms with Gasteiger partial charge in [-0.25, -0.2) is 4.79 Å². The smallest absolute Gasteiger partial charge is 0.333 e. The van der Waals surface area contributed by atoms with Gasteiger partial charge >= 0.3 is 5.97 Å². The van der Waals surface area contributed by atoms with Gasteiger partial charge in [0, 0.05) is 24.7 Å². The van der Waals surface area contributed by atoms with Gasteiger partial charge in [0.05, 0.1) is 12.7 Å². The lowest BCUT2D eigenvalue weighted by Gasteiger charge is -2.22. The molecule has 1 unspecified atom stereocenters. The maximum Gasteiger partial charge on any atom is 0.333 e. The Kier molecular flexibility index (Phi) is 8.02. The first-order chi connectivity index (χ1) is 17.4. The highest BCUT2D eigenvalue weighted by atomic mass is 32.2. The van der Waals surface area contributed by atoms with Crippen molar-refractivity contribution in [3.63, 3.8) is 0 Å². The van der Waals surface area contributed by atoms with Gasteiger partial charge in [0.1, 0.15) is 12.4 Å². The molecule has 0 bridgehead atoms. The van der Waals surface area contributed by atoms with E-state index in [0.29, 0.717) is 36.1 Å². The van der Waals surface area contributed by atoms with E-state index in [4.69, 9.17) is 9.47 Å². The average molecular weight is 507 g/mol. The second-order valence-corrected chi connectivity index (χ2v) is 9.68. The maximum atomic E-state index is 13.0. The number of carbonyl (C=O) groups is 3. The van der Waals surface area contributed by atoms with Gasteiger partial charge in [-0.1, -0.05) is 48.5 Å². The zero-order valence-electron chi connectivity index (χ0n) is 19.7. The van der Waals surface area contributed by atoms with Gasteiger partial charge in [-0.3, -0.25) is 19.9 Å². The first-order valence-electron chi connectivity index (χ1n) is 11.5.